The molecule has 21 atom stereocenters. The number of carbonyl (C=O) groups excluding carboxylic acids is 1. The van der Waals surface area contributed by atoms with E-state index in [1.807, 2.05) is 13.8 Å². The van der Waals surface area contributed by atoms with Gasteiger partial charge in [-0.3, -0.25) is 0 Å². The van der Waals surface area contributed by atoms with Gasteiger partial charge in [0.1, 0.15) is 24.9 Å². The number of rotatable bonds is 7. The topological polar surface area (TPSA) is 203 Å². The minimum atomic E-state index is -1.01. The van der Waals surface area contributed by atoms with E-state index in [9.17, 15) is 35.4 Å². The molecule has 4 saturated carbocycles. The predicted molar refractivity (Wildman–Crippen MR) is 193 cm³/mol. The average Bonchev–Trinajstić information content (AvgIpc) is 3.68. The largest absolute Gasteiger partial charge is 0.458 e. The highest BCUT2D eigenvalue weighted by molar-refractivity contribution is 5.85. The number of carbonyl (C=O) groups is 1. The molecule has 8 aliphatic rings. The Hall–Kier alpha value is -1.27. The molecule has 7 fully saturated rings. The molecule has 0 amide bonds. The molecule has 8 rings (SSSR count). The first-order valence-corrected chi connectivity index (χ1v) is 20.9. The van der Waals surface area contributed by atoms with E-state index in [2.05, 4.69) is 6.92 Å². The van der Waals surface area contributed by atoms with Crippen LogP contribution in [0, 0.1) is 34.5 Å². The summed E-state index contributed by atoms with van der Waals surface area (Å²) in [5, 5.41) is 66.9. The SMILES string of the molecule is C[C@H]1O[C@@H](O[C@H]2[C@@H](O)C[C@H](O[C@H]3CC[C@@]4(C)[C@H](CC[C@@H]5[C@@H]4C[C@@H](O)[C@]4(C)[C@@H](C6=CC(=O)OC6)CC[C@]54O)C3)O[C@@H]2C)C[C@H](O[C@H]2C[C@H](O)[C@H](O)[C@@H](C)O2)[C@@H]1O. The van der Waals surface area contributed by atoms with E-state index in [1.54, 1.807) is 19.9 Å². The zero-order valence-electron chi connectivity index (χ0n) is 32.9. The Morgan fingerprint density at radius 1 is 0.709 bits per heavy atom. The van der Waals surface area contributed by atoms with Gasteiger partial charge in [-0.25, -0.2) is 4.79 Å². The Morgan fingerprint density at radius 2 is 1.38 bits per heavy atom. The summed E-state index contributed by atoms with van der Waals surface area (Å²) in [7, 11) is 0. The molecular weight excluding hydrogens is 716 g/mol. The fraction of sp³-hybridized carbons (Fsp3) is 0.927. The Kier molecular flexibility index (Phi) is 11.1. The number of hydrogen-bond donors (Lipinski definition) is 6. The van der Waals surface area contributed by atoms with E-state index < -0.39 is 90.9 Å². The molecule has 14 heteroatoms. The van der Waals surface area contributed by atoms with Crippen LogP contribution in [0.1, 0.15) is 105 Å². The van der Waals surface area contributed by atoms with Gasteiger partial charge < -0.3 is 63.8 Å². The maximum atomic E-state index is 12.6. The number of aliphatic hydroxyl groups excluding tert-OH is 5. The molecule has 4 heterocycles. The van der Waals surface area contributed by atoms with Gasteiger partial charge in [0.15, 0.2) is 18.9 Å². The standard InChI is InChI=1S/C41H64O14/c1-19-36(46)28(42)15-34(50-19)54-30-17-35(51-20(2)37(30)47)55-38-21(3)52-33(16-29(38)43)53-24-8-10-39(4)23(13-24)6-7-26-27(39)14-31(44)40(5)25(9-11-41(26,40)48)22-12-32(45)49-18-22/h12,19-21,23-31,33-38,42-44,46-48H,6-11,13-18H2,1-5H3/t19-,20-,21-,23-,24+,25-,26-,27+,28+,29+,30+,31-,33+,34+,35+,36-,37-,38-,39+,40+,41+/m1/s1. The summed E-state index contributed by atoms with van der Waals surface area (Å²) in [5.41, 5.74) is -0.898. The van der Waals surface area contributed by atoms with Gasteiger partial charge in [-0.2, -0.15) is 0 Å². The summed E-state index contributed by atoms with van der Waals surface area (Å²) in [6, 6.07) is 0. The second kappa shape index (κ2) is 15.1. The van der Waals surface area contributed by atoms with Gasteiger partial charge in [0.25, 0.3) is 0 Å². The van der Waals surface area contributed by atoms with Gasteiger partial charge in [-0.1, -0.05) is 13.8 Å². The van der Waals surface area contributed by atoms with Crippen molar-refractivity contribution >= 4 is 5.97 Å². The average molecular weight is 781 g/mol. The van der Waals surface area contributed by atoms with Crippen LogP contribution in [0.3, 0.4) is 0 Å². The van der Waals surface area contributed by atoms with Crippen LogP contribution in [0.25, 0.3) is 0 Å². The molecule has 0 radical (unpaired) electrons. The minimum Gasteiger partial charge on any atom is -0.458 e. The van der Waals surface area contributed by atoms with Crippen LogP contribution in [0.15, 0.2) is 11.6 Å². The number of fused-ring (bicyclic) bond motifs is 5. The highest BCUT2D eigenvalue weighted by atomic mass is 16.7. The zero-order chi connectivity index (χ0) is 39.2. The summed E-state index contributed by atoms with van der Waals surface area (Å²) < 4.78 is 42.2. The van der Waals surface area contributed by atoms with Crippen molar-refractivity contribution in [2.45, 2.75) is 197 Å². The summed E-state index contributed by atoms with van der Waals surface area (Å²) in [4.78, 5) is 11.9. The molecule has 0 spiro atoms. The molecule has 312 valence electrons. The van der Waals surface area contributed by atoms with Gasteiger partial charge >= 0.3 is 5.97 Å². The molecular formula is C41H64O14. The van der Waals surface area contributed by atoms with Crippen molar-refractivity contribution in [1.82, 2.24) is 0 Å². The Morgan fingerprint density at radius 3 is 2.07 bits per heavy atom. The first-order chi connectivity index (χ1) is 26.0. The second-order valence-electron chi connectivity index (χ2n) is 18.8. The van der Waals surface area contributed by atoms with Crippen LogP contribution in [0.2, 0.25) is 0 Å². The number of cyclic esters (lactones) is 1. The maximum absolute atomic E-state index is 12.6. The highest BCUT2D eigenvalue weighted by Gasteiger charge is 2.71. The maximum Gasteiger partial charge on any atom is 0.331 e. The molecule has 0 aromatic carbocycles. The van der Waals surface area contributed by atoms with E-state index in [-0.39, 0.29) is 61.1 Å². The van der Waals surface area contributed by atoms with Crippen LogP contribution in [-0.2, 0) is 38.0 Å². The van der Waals surface area contributed by atoms with Gasteiger partial charge in [0.05, 0.1) is 54.4 Å². The quantitative estimate of drug-likeness (QED) is 0.162. The lowest BCUT2D eigenvalue weighted by atomic mass is 9.42. The zero-order valence-corrected chi connectivity index (χ0v) is 32.9. The number of esters is 1. The number of aliphatic hydroxyl groups is 6. The Labute approximate surface area is 323 Å². The molecule has 0 unspecified atom stereocenters. The van der Waals surface area contributed by atoms with E-state index >= 15 is 0 Å². The van der Waals surface area contributed by atoms with E-state index in [0.717, 1.165) is 44.1 Å². The number of ether oxygens (including phenoxy) is 7. The molecule has 4 aliphatic heterocycles. The van der Waals surface area contributed by atoms with E-state index in [4.69, 9.17) is 33.2 Å². The number of hydrogen-bond acceptors (Lipinski definition) is 14. The van der Waals surface area contributed by atoms with Crippen molar-refractivity contribution < 1.29 is 68.6 Å². The third-order valence-electron chi connectivity index (χ3n) is 16.0. The molecule has 3 saturated heterocycles. The summed E-state index contributed by atoms with van der Waals surface area (Å²) >= 11 is 0. The lowest BCUT2D eigenvalue weighted by Crippen LogP contribution is -2.67. The Balaban J connectivity index is 0.855. The van der Waals surface area contributed by atoms with Gasteiger partial charge in [0.2, 0.25) is 0 Å². The van der Waals surface area contributed by atoms with Gasteiger partial charge in [0, 0.05) is 30.8 Å². The van der Waals surface area contributed by atoms with Gasteiger partial charge in [-0.15, -0.1) is 0 Å². The van der Waals surface area contributed by atoms with Crippen LogP contribution >= 0.6 is 0 Å². The van der Waals surface area contributed by atoms with E-state index in [1.165, 1.54) is 0 Å². The fourth-order valence-electron chi connectivity index (χ4n) is 12.7. The molecule has 14 nitrogen and oxygen atoms in total. The van der Waals surface area contributed by atoms with Crippen LogP contribution in [0.5, 0.6) is 0 Å². The van der Waals surface area contributed by atoms with Crippen molar-refractivity contribution in [2.75, 3.05) is 6.61 Å². The Bertz CT molecular complexity index is 1420. The monoisotopic (exact) mass is 780 g/mol. The van der Waals surface area contributed by atoms with Crippen molar-refractivity contribution in [1.29, 1.82) is 0 Å². The first kappa shape index (κ1) is 40.5. The molecule has 55 heavy (non-hydrogen) atoms. The lowest BCUT2D eigenvalue weighted by Gasteiger charge is -2.65. The molecule has 0 bridgehead atoms. The van der Waals surface area contributed by atoms with Crippen molar-refractivity contribution in [3.63, 3.8) is 0 Å². The third kappa shape index (κ3) is 6.95. The predicted octanol–water partition coefficient (Wildman–Crippen LogP) is 2.22. The second-order valence-corrected chi connectivity index (χ2v) is 18.8. The summed E-state index contributed by atoms with van der Waals surface area (Å²) in [6.07, 6.45) is -1.58. The van der Waals surface area contributed by atoms with Crippen molar-refractivity contribution in [2.24, 2.45) is 34.5 Å². The van der Waals surface area contributed by atoms with Crippen molar-refractivity contribution in [3.8, 4) is 0 Å². The van der Waals surface area contributed by atoms with Crippen molar-refractivity contribution in [3.05, 3.63) is 11.6 Å². The van der Waals surface area contributed by atoms with Crippen LogP contribution < -0.4 is 0 Å². The molecule has 0 aromatic rings. The van der Waals surface area contributed by atoms with E-state index in [0.29, 0.717) is 18.8 Å². The third-order valence-corrected chi connectivity index (χ3v) is 16.0. The summed E-state index contributed by atoms with van der Waals surface area (Å²) in [6.45, 7) is 9.86. The first-order valence-electron chi connectivity index (χ1n) is 20.9. The molecule has 4 aliphatic carbocycles. The molecule has 6 N–H and O–H groups in total. The lowest BCUT2D eigenvalue weighted by molar-refractivity contribution is -0.334. The smallest absolute Gasteiger partial charge is 0.331 e. The normalized spacial score (nSPS) is 55.5. The van der Waals surface area contributed by atoms with Crippen LogP contribution in [-0.4, -0.2) is 135 Å². The summed E-state index contributed by atoms with van der Waals surface area (Å²) in [5.74, 6) is 0.196. The minimum absolute atomic E-state index is 0.0488. The molecule has 0 aromatic heterocycles. The van der Waals surface area contributed by atoms with Crippen LogP contribution in [0.4, 0.5) is 0 Å². The van der Waals surface area contributed by atoms with Gasteiger partial charge in [-0.05, 0) is 107 Å². The highest BCUT2D eigenvalue weighted by Crippen LogP contribution is 2.70. The fourth-order valence-corrected chi connectivity index (χ4v) is 12.7.